The molecule has 1 N–H and O–H groups in total. The fourth-order valence-electron chi connectivity index (χ4n) is 2.90. The lowest BCUT2D eigenvalue weighted by Gasteiger charge is -2.34. The summed E-state index contributed by atoms with van der Waals surface area (Å²) in [4.78, 5) is 13.7. The Morgan fingerprint density at radius 1 is 1.33 bits per heavy atom. The van der Waals surface area contributed by atoms with E-state index in [0.717, 1.165) is 37.4 Å². The van der Waals surface area contributed by atoms with E-state index in [1.165, 1.54) is 18.4 Å². The maximum atomic E-state index is 11.5. The molecule has 0 amide bonds. The van der Waals surface area contributed by atoms with Gasteiger partial charge in [0.25, 0.3) is 0 Å². The summed E-state index contributed by atoms with van der Waals surface area (Å²) in [7, 11) is 0. The molecule has 3 heteroatoms. The van der Waals surface area contributed by atoms with Crippen molar-refractivity contribution in [1.82, 2.24) is 4.90 Å². The molecule has 1 aliphatic heterocycles. The Bertz CT molecular complexity index is 454. The van der Waals surface area contributed by atoms with Gasteiger partial charge in [-0.3, -0.25) is 9.69 Å². The zero-order chi connectivity index (χ0) is 12.5. The van der Waals surface area contributed by atoms with Crippen molar-refractivity contribution in [2.45, 2.75) is 31.7 Å². The summed E-state index contributed by atoms with van der Waals surface area (Å²) >= 11 is 0. The summed E-state index contributed by atoms with van der Waals surface area (Å²) in [5.74, 6) is 0.148. The Morgan fingerprint density at radius 3 is 2.83 bits per heavy atom. The van der Waals surface area contributed by atoms with Gasteiger partial charge in [-0.1, -0.05) is 37.1 Å². The van der Waals surface area contributed by atoms with Gasteiger partial charge in [0.15, 0.2) is 0 Å². The third-order valence-electron chi connectivity index (χ3n) is 4.14. The first-order valence-corrected chi connectivity index (χ1v) is 6.80. The number of fused-ring (bicyclic) bond motifs is 1. The Kier molecular flexibility index (Phi) is 3.08. The average Bonchev–Trinajstić information content (AvgIpc) is 3.19. The molecule has 1 saturated carbocycles. The van der Waals surface area contributed by atoms with Gasteiger partial charge in [0.1, 0.15) is 6.04 Å². The second-order valence-corrected chi connectivity index (χ2v) is 5.46. The van der Waals surface area contributed by atoms with E-state index < -0.39 is 12.0 Å². The van der Waals surface area contributed by atoms with Crippen molar-refractivity contribution in [3.8, 4) is 0 Å². The first-order valence-electron chi connectivity index (χ1n) is 6.80. The van der Waals surface area contributed by atoms with Gasteiger partial charge < -0.3 is 5.11 Å². The summed E-state index contributed by atoms with van der Waals surface area (Å²) in [5, 5.41) is 9.49. The van der Waals surface area contributed by atoms with Crippen LogP contribution in [0.5, 0.6) is 0 Å². The van der Waals surface area contributed by atoms with Crippen LogP contribution in [-0.4, -0.2) is 29.1 Å². The van der Waals surface area contributed by atoms with E-state index in [0.29, 0.717) is 0 Å². The molecule has 1 atom stereocenters. The predicted molar refractivity (Wildman–Crippen MR) is 69.4 cm³/mol. The maximum Gasteiger partial charge on any atom is 0.325 e. The molecular weight excluding hydrogens is 226 g/mol. The van der Waals surface area contributed by atoms with E-state index in [4.69, 9.17) is 0 Å². The fourth-order valence-corrected chi connectivity index (χ4v) is 2.90. The van der Waals surface area contributed by atoms with Crippen LogP contribution in [0.15, 0.2) is 24.3 Å². The Balaban J connectivity index is 1.81. The van der Waals surface area contributed by atoms with Crippen LogP contribution in [0.2, 0.25) is 0 Å². The Morgan fingerprint density at radius 2 is 2.11 bits per heavy atom. The average molecular weight is 245 g/mol. The highest BCUT2D eigenvalue weighted by Gasteiger charge is 2.33. The number of benzene rings is 1. The molecule has 1 aliphatic carbocycles. The lowest BCUT2D eigenvalue weighted by Crippen LogP contribution is -2.40. The van der Waals surface area contributed by atoms with Crippen molar-refractivity contribution < 1.29 is 9.90 Å². The van der Waals surface area contributed by atoms with Crippen LogP contribution in [-0.2, 0) is 11.2 Å². The van der Waals surface area contributed by atoms with E-state index >= 15 is 0 Å². The smallest absolute Gasteiger partial charge is 0.325 e. The number of hydrogen-bond acceptors (Lipinski definition) is 2. The van der Waals surface area contributed by atoms with Crippen LogP contribution in [0.25, 0.3) is 0 Å². The molecule has 2 aliphatic rings. The minimum atomic E-state index is -0.710. The maximum absolute atomic E-state index is 11.5. The number of carboxylic acid groups (broad SMARTS) is 1. The van der Waals surface area contributed by atoms with Crippen LogP contribution in [0, 0.1) is 5.92 Å². The summed E-state index contributed by atoms with van der Waals surface area (Å²) in [5.41, 5.74) is 2.19. The van der Waals surface area contributed by atoms with Crippen LogP contribution in [0.3, 0.4) is 0 Å². The second-order valence-electron chi connectivity index (χ2n) is 5.46. The van der Waals surface area contributed by atoms with Crippen molar-refractivity contribution in [2.75, 3.05) is 13.1 Å². The van der Waals surface area contributed by atoms with Crippen LogP contribution >= 0.6 is 0 Å². The third-order valence-corrected chi connectivity index (χ3v) is 4.14. The number of aliphatic carboxylic acids is 1. The normalized spacial score (nSPS) is 23.7. The Hall–Kier alpha value is -1.35. The molecule has 18 heavy (non-hydrogen) atoms. The van der Waals surface area contributed by atoms with Crippen molar-refractivity contribution in [3.05, 3.63) is 35.4 Å². The lowest BCUT2D eigenvalue weighted by molar-refractivity contribution is -0.144. The standard InChI is InChI=1S/C15H19NO2/c17-15(18)14-13-4-2-1-3-12(13)8-10-16(14)9-7-11-5-6-11/h1-4,11,14H,5-10H2,(H,17,18). The number of nitrogens with zero attached hydrogens (tertiary/aromatic N) is 1. The van der Waals surface area contributed by atoms with Gasteiger partial charge in [0, 0.05) is 6.54 Å². The largest absolute Gasteiger partial charge is 0.480 e. The number of carbonyl (C=O) groups is 1. The minimum absolute atomic E-state index is 0.436. The molecule has 1 aromatic rings. The van der Waals surface area contributed by atoms with E-state index in [1.54, 1.807) is 0 Å². The summed E-state index contributed by atoms with van der Waals surface area (Å²) in [6, 6.07) is 7.53. The first kappa shape index (κ1) is 11.7. The number of carboxylic acids is 1. The molecule has 96 valence electrons. The van der Waals surface area contributed by atoms with E-state index in [1.807, 2.05) is 18.2 Å². The zero-order valence-electron chi connectivity index (χ0n) is 10.5. The lowest BCUT2D eigenvalue weighted by atomic mass is 9.92. The van der Waals surface area contributed by atoms with Gasteiger partial charge in [-0.15, -0.1) is 0 Å². The number of hydrogen-bond donors (Lipinski definition) is 1. The van der Waals surface area contributed by atoms with Crippen molar-refractivity contribution in [2.24, 2.45) is 5.92 Å². The molecular formula is C15H19NO2. The molecule has 0 spiro atoms. The molecule has 0 bridgehead atoms. The molecule has 0 radical (unpaired) electrons. The monoisotopic (exact) mass is 245 g/mol. The molecule has 1 unspecified atom stereocenters. The van der Waals surface area contributed by atoms with Gasteiger partial charge >= 0.3 is 5.97 Å². The molecule has 3 rings (SSSR count). The first-order chi connectivity index (χ1) is 8.75. The van der Waals surface area contributed by atoms with Gasteiger partial charge in [-0.05, 0) is 36.4 Å². The molecule has 0 aromatic heterocycles. The topological polar surface area (TPSA) is 40.5 Å². The molecule has 3 nitrogen and oxygen atoms in total. The zero-order valence-corrected chi connectivity index (χ0v) is 10.5. The van der Waals surface area contributed by atoms with Crippen LogP contribution < -0.4 is 0 Å². The van der Waals surface area contributed by atoms with Gasteiger partial charge in [0.2, 0.25) is 0 Å². The minimum Gasteiger partial charge on any atom is -0.480 e. The fraction of sp³-hybridized carbons (Fsp3) is 0.533. The molecule has 1 aromatic carbocycles. The van der Waals surface area contributed by atoms with E-state index in [9.17, 15) is 9.90 Å². The third kappa shape index (κ3) is 2.27. The SMILES string of the molecule is O=C(O)C1c2ccccc2CCN1CCC1CC1. The second kappa shape index (κ2) is 4.73. The van der Waals surface area contributed by atoms with Crippen molar-refractivity contribution in [1.29, 1.82) is 0 Å². The quantitative estimate of drug-likeness (QED) is 0.886. The van der Waals surface area contributed by atoms with Crippen molar-refractivity contribution >= 4 is 5.97 Å². The number of rotatable bonds is 4. The molecule has 1 heterocycles. The van der Waals surface area contributed by atoms with Crippen molar-refractivity contribution in [3.63, 3.8) is 0 Å². The van der Waals surface area contributed by atoms with Gasteiger partial charge in [0.05, 0.1) is 0 Å². The Labute approximate surface area is 107 Å². The highest BCUT2D eigenvalue weighted by molar-refractivity contribution is 5.76. The molecule has 1 fully saturated rings. The summed E-state index contributed by atoms with van der Waals surface area (Å²) < 4.78 is 0. The predicted octanol–water partition coefficient (Wildman–Crippen LogP) is 2.47. The van der Waals surface area contributed by atoms with Gasteiger partial charge in [-0.2, -0.15) is 0 Å². The summed E-state index contributed by atoms with van der Waals surface area (Å²) in [6.07, 6.45) is 4.81. The van der Waals surface area contributed by atoms with E-state index in [-0.39, 0.29) is 0 Å². The van der Waals surface area contributed by atoms with Crippen LogP contribution in [0.4, 0.5) is 0 Å². The summed E-state index contributed by atoms with van der Waals surface area (Å²) in [6.45, 7) is 1.80. The van der Waals surface area contributed by atoms with E-state index in [2.05, 4.69) is 11.0 Å². The highest BCUT2D eigenvalue weighted by atomic mass is 16.4. The van der Waals surface area contributed by atoms with Crippen LogP contribution in [0.1, 0.15) is 36.4 Å². The highest BCUT2D eigenvalue weighted by Crippen LogP contribution is 2.35. The van der Waals surface area contributed by atoms with Gasteiger partial charge in [-0.25, -0.2) is 0 Å². The molecule has 0 saturated heterocycles.